The maximum absolute atomic E-state index is 9.64. The van der Waals surface area contributed by atoms with Gasteiger partial charge in [-0.1, -0.05) is 12.1 Å². The topological polar surface area (TPSA) is 62.1 Å². The molecule has 1 saturated heterocycles. The summed E-state index contributed by atoms with van der Waals surface area (Å²) in [5.74, 6) is 0.613. The number of anilines is 1. The van der Waals surface area contributed by atoms with Crippen molar-refractivity contribution in [2.75, 3.05) is 18.0 Å². The molecule has 1 aromatic heterocycles. The van der Waals surface area contributed by atoms with Crippen molar-refractivity contribution in [2.45, 2.75) is 18.9 Å². The number of benzene rings is 1. The van der Waals surface area contributed by atoms with Crippen LogP contribution < -0.4 is 4.90 Å². The fourth-order valence-electron chi connectivity index (χ4n) is 2.14. The normalized spacial score (nSPS) is 20.8. The Bertz CT molecular complexity index is 531. The molecule has 88 valence electrons. The molecule has 2 aromatic rings. The number of aliphatic hydroxyl groups is 1. The summed E-state index contributed by atoms with van der Waals surface area (Å²) in [4.78, 5) is 6.47. The van der Waals surface area contributed by atoms with Crippen molar-refractivity contribution in [1.82, 2.24) is 15.2 Å². The van der Waals surface area contributed by atoms with Crippen molar-refractivity contribution < 1.29 is 5.11 Å². The molecule has 1 aliphatic heterocycles. The first kappa shape index (κ1) is 10.4. The highest BCUT2D eigenvalue weighted by Crippen LogP contribution is 2.17. The minimum absolute atomic E-state index is 0.279. The number of fused-ring (bicyclic) bond motifs is 1. The van der Waals surface area contributed by atoms with Crippen LogP contribution in [0.5, 0.6) is 0 Å². The molecule has 17 heavy (non-hydrogen) atoms. The van der Waals surface area contributed by atoms with Crippen LogP contribution in [0.1, 0.15) is 12.8 Å². The van der Waals surface area contributed by atoms with Gasteiger partial charge in [-0.25, -0.2) is 4.98 Å². The molecule has 2 heterocycles. The van der Waals surface area contributed by atoms with E-state index in [9.17, 15) is 5.11 Å². The Morgan fingerprint density at radius 3 is 2.82 bits per heavy atom. The van der Waals surface area contributed by atoms with Crippen LogP contribution in [-0.2, 0) is 0 Å². The molecule has 1 fully saturated rings. The minimum atomic E-state index is -0.279. The summed E-state index contributed by atoms with van der Waals surface area (Å²) < 4.78 is 0. The maximum atomic E-state index is 9.64. The summed E-state index contributed by atoms with van der Waals surface area (Å²) in [6, 6.07) is 7.67. The zero-order valence-corrected chi connectivity index (χ0v) is 9.45. The van der Waals surface area contributed by atoms with Crippen molar-refractivity contribution in [3.8, 4) is 0 Å². The number of β-amino-alcohol motifs (C(OH)–C–C–N with tert-alkyl or cyclic N) is 1. The lowest BCUT2D eigenvalue weighted by Crippen LogP contribution is -2.39. The summed E-state index contributed by atoms with van der Waals surface area (Å²) >= 11 is 0. The van der Waals surface area contributed by atoms with E-state index in [1.54, 1.807) is 0 Å². The van der Waals surface area contributed by atoms with Crippen LogP contribution in [0.4, 0.5) is 5.95 Å². The number of rotatable bonds is 1. The molecular weight excluding hydrogens is 216 g/mol. The molecule has 1 atom stereocenters. The van der Waals surface area contributed by atoms with Crippen LogP contribution in [0.25, 0.3) is 11.0 Å². The van der Waals surface area contributed by atoms with E-state index in [0.717, 1.165) is 30.4 Å². The second-order valence-corrected chi connectivity index (χ2v) is 4.34. The second kappa shape index (κ2) is 4.25. The van der Waals surface area contributed by atoms with Crippen LogP contribution in [0.3, 0.4) is 0 Å². The Labute approximate surface area is 99.1 Å². The zero-order chi connectivity index (χ0) is 11.7. The molecule has 0 spiro atoms. The quantitative estimate of drug-likeness (QED) is 0.791. The lowest BCUT2D eigenvalue weighted by Gasteiger charge is -2.29. The average molecular weight is 230 g/mol. The lowest BCUT2D eigenvalue weighted by molar-refractivity contribution is 0.153. The highest BCUT2D eigenvalue weighted by atomic mass is 16.3. The van der Waals surface area contributed by atoms with Gasteiger partial charge < -0.3 is 10.0 Å². The smallest absolute Gasteiger partial charge is 0.246 e. The number of para-hydroxylation sites is 1. The van der Waals surface area contributed by atoms with E-state index < -0.39 is 0 Å². The van der Waals surface area contributed by atoms with Gasteiger partial charge in [-0.3, -0.25) is 0 Å². The first-order valence-corrected chi connectivity index (χ1v) is 5.85. The molecule has 5 heteroatoms. The first-order chi connectivity index (χ1) is 8.33. The van der Waals surface area contributed by atoms with Gasteiger partial charge in [-0.15, -0.1) is 10.2 Å². The van der Waals surface area contributed by atoms with Gasteiger partial charge in [0.2, 0.25) is 5.95 Å². The van der Waals surface area contributed by atoms with Gasteiger partial charge in [-0.2, -0.15) is 0 Å². The summed E-state index contributed by atoms with van der Waals surface area (Å²) in [7, 11) is 0. The van der Waals surface area contributed by atoms with E-state index in [1.165, 1.54) is 0 Å². The van der Waals surface area contributed by atoms with Crippen molar-refractivity contribution in [1.29, 1.82) is 0 Å². The third-order valence-electron chi connectivity index (χ3n) is 3.03. The summed E-state index contributed by atoms with van der Waals surface area (Å²) in [5.41, 5.74) is 1.64. The summed E-state index contributed by atoms with van der Waals surface area (Å²) in [5, 5.41) is 17.9. The Morgan fingerprint density at radius 2 is 2.00 bits per heavy atom. The molecule has 1 aromatic carbocycles. The number of piperidine rings is 1. The van der Waals surface area contributed by atoms with Crippen molar-refractivity contribution >= 4 is 17.0 Å². The Hall–Kier alpha value is -1.75. The van der Waals surface area contributed by atoms with Gasteiger partial charge in [0.1, 0.15) is 5.52 Å². The number of aliphatic hydroxyl groups excluding tert-OH is 1. The summed E-state index contributed by atoms with van der Waals surface area (Å²) in [6.45, 7) is 1.48. The zero-order valence-electron chi connectivity index (χ0n) is 9.45. The molecule has 1 aliphatic rings. The third kappa shape index (κ3) is 2.06. The molecule has 0 radical (unpaired) electrons. The van der Waals surface area contributed by atoms with E-state index in [0.29, 0.717) is 12.5 Å². The molecule has 0 amide bonds. The molecule has 0 saturated carbocycles. The molecular formula is C12H14N4O. The van der Waals surface area contributed by atoms with Gasteiger partial charge in [0.25, 0.3) is 0 Å². The molecule has 1 N–H and O–H groups in total. The van der Waals surface area contributed by atoms with Gasteiger partial charge in [0.15, 0.2) is 0 Å². The fraction of sp³-hybridized carbons (Fsp3) is 0.417. The Morgan fingerprint density at radius 1 is 1.18 bits per heavy atom. The molecule has 0 bridgehead atoms. The minimum Gasteiger partial charge on any atom is -0.391 e. The van der Waals surface area contributed by atoms with Gasteiger partial charge in [0, 0.05) is 13.1 Å². The summed E-state index contributed by atoms with van der Waals surface area (Å²) in [6.07, 6.45) is 1.55. The van der Waals surface area contributed by atoms with E-state index in [-0.39, 0.29) is 6.10 Å². The van der Waals surface area contributed by atoms with Gasteiger partial charge in [-0.05, 0) is 25.0 Å². The first-order valence-electron chi connectivity index (χ1n) is 5.85. The number of hydrogen-bond donors (Lipinski definition) is 1. The Kier molecular flexibility index (Phi) is 2.60. The number of nitrogens with zero attached hydrogens (tertiary/aromatic N) is 4. The van der Waals surface area contributed by atoms with Crippen LogP contribution >= 0.6 is 0 Å². The molecule has 5 nitrogen and oxygen atoms in total. The average Bonchev–Trinajstić information content (AvgIpc) is 2.38. The van der Waals surface area contributed by atoms with E-state index in [1.807, 2.05) is 29.2 Å². The van der Waals surface area contributed by atoms with Crippen molar-refractivity contribution in [3.63, 3.8) is 0 Å². The third-order valence-corrected chi connectivity index (χ3v) is 3.03. The Balaban J connectivity index is 1.94. The fourth-order valence-corrected chi connectivity index (χ4v) is 2.14. The highest BCUT2D eigenvalue weighted by molar-refractivity contribution is 5.74. The number of hydrogen-bond acceptors (Lipinski definition) is 5. The molecule has 0 aliphatic carbocycles. The van der Waals surface area contributed by atoms with Crippen molar-refractivity contribution in [2.24, 2.45) is 0 Å². The monoisotopic (exact) mass is 230 g/mol. The van der Waals surface area contributed by atoms with E-state index in [4.69, 9.17) is 0 Å². The standard InChI is InChI=1S/C12H14N4O/c17-9-4-3-7-16(8-9)12-13-10-5-1-2-6-11(10)14-15-12/h1-2,5-6,9,17H,3-4,7-8H2. The van der Waals surface area contributed by atoms with Crippen LogP contribution in [-0.4, -0.2) is 39.5 Å². The van der Waals surface area contributed by atoms with Gasteiger partial charge >= 0.3 is 0 Å². The van der Waals surface area contributed by atoms with E-state index in [2.05, 4.69) is 15.2 Å². The van der Waals surface area contributed by atoms with Crippen LogP contribution in [0.15, 0.2) is 24.3 Å². The molecule has 3 rings (SSSR count). The predicted octanol–water partition coefficient (Wildman–Crippen LogP) is 0.986. The highest BCUT2D eigenvalue weighted by Gasteiger charge is 2.20. The van der Waals surface area contributed by atoms with Crippen LogP contribution in [0, 0.1) is 0 Å². The lowest BCUT2D eigenvalue weighted by atomic mass is 10.1. The number of aromatic nitrogens is 3. The predicted molar refractivity (Wildman–Crippen MR) is 64.8 cm³/mol. The van der Waals surface area contributed by atoms with Crippen LogP contribution in [0.2, 0.25) is 0 Å². The van der Waals surface area contributed by atoms with E-state index >= 15 is 0 Å². The van der Waals surface area contributed by atoms with Crippen molar-refractivity contribution in [3.05, 3.63) is 24.3 Å². The largest absolute Gasteiger partial charge is 0.391 e. The van der Waals surface area contributed by atoms with Gasteiger partial charge in [0.05, 0.1) is 11.6 Å². The molecule has 1 unspecified atom stereocenters. The SMILES string of the molecule is OC1CCCN(c2nnc3ccccc3n2)C1. The second-order valence-electron chi connectivity index (χ2n) is 4.34. The maximum Gasteiger partial charge on any atom is 0.246 e.